The zero-order chi connectivity index (χ0) is 11.2. The summed E-state index contributed by atoms with van der Waals surface area (Å²) in [5, 5.41) is 2.19. The molecule has 0 spiro atoms. The normalized spacial score (nSPS) is 11.4. The minimum atomic E-state index is -1.49. The van der Waals surface area contributed by atoms with E-state index >= 15 is 0 Å². The summed E-state index contributed by atoms with van der Waals surface area (Å²) >= 11 is 0. The summed E-state index contributed by atoms with van der Waals surface area (Å²) in [5.41, 5.74) is 1.91. The van der Waals surface area contributed by atoms with E-state index < -0.39 is 8.07 Å². The molecule has 0 saturated heterocycles. The zero-order valence-electron chi connectivity index (χ0n) is 8.96. The molecule has 0 aliphatic heterocycles. The number of imide groups is 1. The van der Waals surface area contributed by atoms with Crippen molar-refractivity contribution in [3.63, 3.8) is 0 Å². The highest BCUT2D eigenvalue weighted by molar-refractivity contribution is 6.82. The van der Waals surface area contributed by atoms with Crippen LogP contribution >= 0.6 is 0 Å². The first-order valence-electron chi connectivity index (χ1n) is 4.49. The number of allylic oxidation sites excluding steroid dienone is 1. The SMILES string of the molecule is C=CC[Si](C)(C)/C=C/C(=O)NC(C)=O. The van der Waals surface area contributed by atoms with Crippen LogP contribution in [0.15, 0.2) is 24.4 Å². The summed E-state index contributed by atoms with van der Waals surface area (Å²) in [6, 6.07) is 0.927. The molecule has 0 rings (SSSR count). The predicted molar refractivity (Wildman–Crippen MR) is 60.4 cm³/mol. The molecule has 0 aliphatic rings. The summed E-state index contributed by atoms with van der Waals surface area (Å²) in [4.78, 5) is 21.6. The first-order valence-corrected chi connectivity index (χ1v) is 7.77. The maximum Gasteiger partial charge on any atom is 0.249 e. The number of rotatable bonds is 4. The fourth-order valence-corrected chi connectivity index (χ4v) is 2.44. The molecule has 0 saturated carbocycles. The standard InChI is InChI=1S/C10H17NO2Si/c1-5-7-14(3,4)8-6-10(13)11-9(2)12/h5-6,8H,1,7H2,2-4H3,(H,11,12,13)/b8-6+. The van der Waals surface area contributed by atoms with Crippen LogP contribution in [0.4, 0.5) is 0 Å². The van der Waals surface area contributed by atoms with Gasteiger partial charge >= 0.3 is 0 Å². The summed E-state index contributed by atoms with van der Waals surface area (Å²) in [7, 11) is -1.49. The summed E-state index contributed by atoms with van der Waals surface area (Å²) in [6.07, 6.45) is 3.30. The van der Waals surface area contributed by atoms with Gasteiger partial charge in [0.25, 0.3) is 0 Å². The van der Waals surface area contributed by atoms with Crippen molar-refractivity contribution in [2.24, 2.45) is 0 Å². The molecule has 0 heterocycles. The molecule has 78 valence electrons. The maximum absolute atomic E-state index is 11.1. The van der Waals surface area contributed by atoms with Crippen LogP contribution in [-0.2, 0) is 9.59 Å². The minimum absolute atomic E-state index is 0.331. The number of nitrogens with one attached hydrogen (secondary N) is 1. The van der Waals surface area contributed by atoms with Crippen LogP contribution in [0.5, 0.6) is 0 Å². The van der Waals surface area contributed by atoms with Crippen molar-refractivity contribution in [1.82, 2.24) is 5.32 Å². The van der Waals surface area contributed by atoms with Crippen LogP contribution in [0, 0.1) is 0 Å². The maximum atomic E-state index is 11.1. The number of hydrogen-bond donors (Lipinski definition) is 1. The molecule has 2 amide bonds. The van der Waals surface area contributed by atoms with Gasteiger partial charge < -0.3 is 0 Å². The van der Waals surface area contributed by atoms with Crippen molar-refractivity contribution in [3.8, 4) is 0 Å². The molecule has 0 atom stereocenters. The van der Waals surface area contributed by atoms with Gasteiger partial charge in [0.2, 0.25) is 11.8 Å². The van der Waals surface area contributed by atoms with E-state index in [9.17, 15) is 9.59 Å². The van der Waals surface area contributed by atoms with Gasteiger partial charge in [-0.1, -0.05) is 24.9 Å². The monoisotopic (exact) mass is 211 g/mol. The zero-order valence-corrected chi connectivity index (χ0v) is 9.96. The predicted octanol–water partition coefficient (Wildman–Crippen LogP) is 1.64. The lowest BCUT2D eigenvalue weighted by atomic mass is 10.5. The van der Waals surface area contributed by atoms with Crippen molar-refractivity contribution in [1.29, 1.82) is 0 Å². The van der Waals surface area contributed by atoms with E-state index in [2.05, 4.69) is 25.0 Å². The third-order valence-electron chi connectivity index (χ3n) is 1.66. The van der Waals surface area contributed by atoms with Gasteiger partial charge in [0.15, 0.2) is 0 Å². The van der Waals surface area contributed by atoms with Gasteiger partial charge in [0, 0.05) is 6.92 Å². The van der Waals surface area contributed by atoms with Crippen LogP contribution in [0.1, 0.15) is 6.92 Å². The van der Waals surface area contributed by atoms with E-state index in [-0.39, 0.29) is 11.8 Å². The Kier molecular flexibility index (Phi) is 5.08. The average molecular weight is 211 g/mol. The Bertz CT molecular complexity index is 269. The van der Waals surface area contributed by atoms with Gasteiger partial charge in [-0.25, -0.2) is 0 Å². The molecule has 0 aliphatic carbocycles. The molecule has 0 aromatic rings. The number of carbonyl (C=O) groups is 2. The minimum Gasteiger partial charge on any atom is -0.293 e. The van der Waals surface area contributed by atoms with Crippen molar-refractivity contribution in [2.45, 2.75) is 26.1 Å². The van der Waals surface area contributed by atoms with Gasteiger partial charge in [-0.3, -0.25) is 14.9 Å². The number of hydrogen-bond acceptors (Lipinski definition) is 2. The Labute approximate surface area is 85.9 Å². The molecule has 0 aromatic carbocycles. The molecule has 3 nitrogen and oxygen atoms in total. The fourth-order valence-electron chi connectivity index (χ4n) is 0.956. The quantitative estimate of drug-likeness (QED) is 0.436. The van der Waals surface area contributed by atoms with Gasteiger partial charge in [0.1, 0.15) is 0 Å². The highest BCUT2D eigenvalue weighted by atomic mass is 28.3. The lowest BCUT2D eigenvalue weighted by Crippen LogP contribution is -2.28. The van der Waals surface area contributed by atoms with E-state index in [4.69, 9.17) is 0 Å². The highest BCUT2D eigenvalue weighted by Gasteiger charge is 2.14. The topological polar surface area (TPSA) is 46.2 Å². The first kappa shape index (κ1) is 12.8. The highest BCUT2D eigenvalue weighted by Crippen LogP contribution is 2.10. The molecule has 0 radical (unpaired) electrons. The van der Waals surface area contributed by atoms with E-state index in [0.717, 1.165) is 6.04 Å². The van der Waals surface area contributed by atoms with Crippen molar-refractivity contribution < 1.29 is 9.59 Å². The second-order valence-corrected chi connectivity index (χ2v) is 8.58. The summed E-state index contributed by atoms with van der Waals surface area (Å²) in [6.45, 7) is 9.25. The lowest BCUT2D eigenvalue weighted by Gasteiger charge is -2.13. The fraction of sp³-hybridized carbons (Fsp3) is 0.400. The van der Waals surface area contributed by atoms with Crippen molar-refractivity contribution in [3.05, 3.63) is 24.4 Å². The molecule has 4 heteroatoms. The largest absolute Gasteiger partial charge is 0.293 e. The molecular weight excluding hydrogens is 194 g/mol. The van der Waals surface area contributed by atoms with Crippen molar-refractivity contribution >= 4 is 19.9 Å². The Hall–Kier alpha value is -1.16. The molecule has 0 bridgehead atoms. The summed E-state index contributed by atoms with van der Waals surface area (Å²) < 4.78 is 0. The van der Waals surface area contributed by atoms with Crippen LogP contribution in [0.2, 0.25) is 19.1 Å². The smallest absolute Gasteiger partial charge is 0.249 e. The van der Waals surface area contributed by atoms with Crippen LogP contribution in [0.3, 0.4) is 0 Å². The van der Waals surface area contributed by atoms with Crippen LogP contribution in [-0.4, -0.2) is 19.9 Å². The van der Waals surface area contributed by atoms with E-state index in [1.165, 1.54) is 13.0 Å². The van der Waals surface area contributed by atoms with E-state index in [1.54, 1.807) is 0 Å². The van der Waals surface area contributed by atoms with Crippen molar-refractivity contribution in [2.75, 3.05) is 0 Å². The first-order chi connectivity index (χ1) is 6.37. The molecule has 14 heavy (non-hydrogen) atoms. The molecule has 0 fully saturated rings. The Morgan fingerprint density at radius 1 is 1.43 bits per heavy atom. The second-order valence-electron chi connectivity index (χ2n) is 3.86. The van der Waals surface area contributed by atoms with Crippen LogP contribution < -0.4 is 5.32 Å². The lowest BCUT2D eigenvalue weighted by molar-refractivity contribution is -0.126. The second kappa shape index (κ2) is 5.54. The Morgan fingerprint density at radius 2 is 2.00 bits per heavy atom. The molecular formula is C10H17NO2Si. The number of carbonyl (C=O) groups excluding carboxylic acids is 2. The molecule has 0 unspecified atom stereocenters. The van der Waals surface area contributed by atoms with Gasteiger partial charge in [-0.05, 0) is 12.1 Å². The number of amides is 2. The average Bonchev–Trinajstić information content (AvgIpc) is 2.00. The van der Waals surface area contributed by atoms with E-state index in [1.807, 2.05) is 11.8 Å². The van der Waals surface area contributed by atoms with Crippen LogP contribution in [0.25, 0.3) is 0 Å². The Morgan fingerprint density at radius 3 is 2.43 bits per heavy atom. The third kappa shape index (κ3) is 6.36. The van der Waals surface area contributed by atoms with Gasteiger partial charge in [0.05, 0.1) is 8.07 Å². The van der Waals surface area contributed by atoms with E-state index in [0.29, 0.717) is 0 Å². The molecule has 0 aromatic heterocycles. The summed E-state index contributed by atoms with van der Waals surface area (Å²) in [5.74, 6) is -0.676. The Balaban J connectivity index is 4.21. The van der Waals surface area contributed by atoms with Gasteiger partial charge in [-0.15, -0.1) is 6.58 Å². The molecule has 1 N–H and O–H groups in total. The van der Waals surface area contributed by atoms with Gasteiger partial charge in [-0.2, -0.15) is 0 Å². The third-order valence-corrected chi connectivity index (χ3v) is 4.07.